The first-order valence-corrected chi connectivity index (χ1v) is 47.3. The van der Waals surface area contributed by atoms with Crippen molar-refractivity contribution in [2.45, 2.75) is 222 Å². The first-order chi connectivity index (χ1) is 64.1. The Bertz CT molecular complexity index is 6790. The van der Waals surface area contributed by atoms with Crippen LogP contribution in [0.5, 0.6) is 0 Å². The number of halogens is 5. The van der Waals surface area contributed by atoms with E-state index in [1.165, 1.54) is 39.5 Å². The summed E-state index contributed by atoms with van der Waals surface area (Å²) in [4.78, 5) is 148. The van der Waals surface area contributed by atoms with Gasteiger partial charge in [-0.05, 0) is 169 Å². The number of aromatic nitrogens is 14. The number of anilines is 4. The summed E-state index contributed by atoms with van der Waals surface area (Å²) in [6.45, 7) is 51.9. The molecule has 706 valence electrons. The first kappa shape index (κ1) is 98.4. The van der Waals surface area contributed by atoms with E-state index in [0.29, 0.717) is 129 Å². The average Bonchev–Trinajstić information content (AvgIpc) is 1.27. The second-order valence-electron chi connectivity index (χ2n) is 37.7. The largest absolute Gasteiger partial charge is 0.376 e. The molecule has 12 heterocycles. The molecule has 0 radical (unpaired) electrons. The van der Waals surface area contributed by atoms with Crippen LogP contribution in [-0.2, 0) is 14.4 Å². The summed E-state index contributed by atoms with van der Waals surface area (Å²) >= 11 is 20.8. The molecule has 32 heteroatoms. The topological polar surface area (TPSA) is 282 Å². The molecule has 3 saturated heterocycles. The molecule has 3 aromatic carbocycles. The Hall–Kier alpha value is -12.6. The number of benzene rings is 3. The maximum atomic E-state index is 15.2. The molecule has 27 nitrogen and oxygen atoms in total. The lowest BCUT2D eigenvalue weighted by atomic mass is 9.95. The number of piperazine rings is 3. The Labute approximate surface area is 801 Å². The predicted molar refractivity (Wildman–Crippen MR) is 536 cm³/mol. The summed E-state index contributed by atoms with van der Waals surface area (Å²) in [5.74, 6) is 1.69. The number of hydrogen-bond donors (Lipinski definition) is 0. The molecule has 6 unspecified atom stereocenters. The summed E-state index contributed by atoms with van der Waals surface area (Å²) < 4.78 is 34.8. The minimum Gasteiger partial charge on any atom is -0.376 e. The second kappa shape index (κ2) is 40.1. The van der Waals surface area contributed by atoms with Crippen LogP contribution in [0.15, 0.2) is 156 Å². The molecule has 9 aromatic heterocycles. The number of carbonyl (C=O) groups is 3. The van der Waals surface area contributed by atoms with Gasteiger partial charge in [-0.3, -0.25) is 19.4 Å². The number of fused-ring (bicyclic) bond motifs is 3. The van der Waals surface area contributed by atoms with E-state index in [-0.39, 0.29) is 133 Å². The highest BCUT2D eigenvalue weighted by molar-refractivity contribution is 6.35. The number of nitrogens with zero attached hydrogens (tertiary/aromatic N) is 21. The van der Waals surface area contributed by atoms with Crippen LogP contribution < -0.4 is 36.7 Å². The van der Waals surface area contributed by atoms with Crippen LogP contribution in [0.4, 0.5) is 31.9 Å². The highest BCUT2D eigenvalue weighted by Crippen LogP contribution is 2.46. The summed E-state index contributed by atoms with van der Waals surface area (Å²) in [5, 5.41) is 2.60. The number of amides is 3. The van der Waals surface area contributed by atoms with Crippen LogP contribution in [0.2, 0.25) is 15.1 Å². The van der Waals surface area contributed by atoms with Gasteiger partial charge in [-0.15, -0.1) is 0 Å². The van der Waals surface area contributed by atoms with Crippen molar-refractivity contribution in [1.29, 1.82) is 0 Å². The molecule has 4 aliphatic rings. The number of aryl methyl sites for hydroxylation is 1. The maximum absolute atomic E-state index is 15.2. The highest BCUT2D eigenvalue weighted by atomic mass is 35.5. The van der Waals surface area contributed by atoms with Crippen LogP contribution >= 0.6 is 34.8 Å². The number of rotatable bonds is 20. The van der Waals surface area contributed by atoms with E-state index in [4.69, 9.17) is 79.7 Å². The third kappa shape index (κ3) is 19.3. The smallest absolute Gasteiger partial charge is 0.355 e. The fourth-order valence-corrected chi connectivity index (χ4v) is 19.1. The van der Waals surface area contributed by atoms with Gasteiger partial charge in [-0.1, -0.05) is 186 Å². The second-order valence-corrected chi connectivity index (χ2v) is 38.9. The molecule has 135 heavy (non-hydrogen) atoms. The van der Waals surface area contributed by atoms with Gasteiger partial charge < -0.3 is 34.3 Å². The van der Waals surface area contributed by atoms with Crippen molar-refractivity contribution < 1.29 is 23.2 Å². The van der Waals surface area contributed by atoms with Crippen LogP contribution in [0.25, 0.3) is 83.9 Å². The van der Waals surface area contributed by atoms with Gasteiger partial charge in [0.25, 0.3) is 0 Å². The van der Waals surface area contributed by atoms with E-state index >= 15 is 8.78 Å². The molecule has 4 fully saturated rings. The van der Waals surface area contributed by atoms with Crippen molar-refractivity contribution in [2.24, 2.45) is 0 Å². The Morgan fingerprint density at radius 3 is 1.04 bits per heavy atom. The molecule has 0 bridgehead atoms. The summed E-state index contributed by atoms with van der Waals surface area (Å²) in [7, 11) is 3.89. The monoisotopic (exact) mass is 1890 g/mol. The van der Waals surface area contributed by atoms with Crippen molar-refractivity contribution in [3.05, 3.63) is 245 Å². The minimum absolute atomic E-state index is 0.0197. The Kier molecular flexibility index (Phi) is 29.3. The predicted octanol–water partition coefficient (Wildman–Crippen LogP) is 19.4. The van der Waals surface area contributed by atoms with Gasteiger partial charge in [0.2, 0.25) is 17.7 Å². The quantitative estimate of drug-likeness (QED) is 0.0641. The van der Waals surface area contributed by atoms with Crippen molar-refractivity contribution in [3.63, 3.8) is 0 Å². The maximum Gasteiger partial charge on any atom is 0.355 e. The normalized spacial score (nSPS) is 17.6. The van der Waals surface area contributed by atoms with E-state index in [0.717, 1.165) is 52.6 Å². The molecule has 16 rings (SSSR count). The van der Waals surface area contributed by atoms with Crippen molar-refractivity contribution in [1.82, 2.24) is 83.2 Å². The van der Waals surface area contributed by atoms with Gasteiger partial charge in [0.15, 0.2) is 16.9 Å². The molecule has 0 N–H and O–H groups in total. The van der Waals surface area contributed by atoms with Crippen LogP contribution in [-0.4, -0.2) is 191 Å². The lowest BCUT2D eigenvalue weighted by molar-refractivity contribution is -0.129. The first-order valence-electron chi connectivity index (χ1n) is 46.1. The van der Waals surface area contributed by atoms with Crippen molar-refractivity contribution in [3.8, 4) is 50.8 Å². The highest BCUT2D eigenvalue weighted by Gasteiger charge is 2.41. The molecule has 1 aliphatic carbocycles. The van der Waals surface area contributed by atoms with Crippen molar-refractivity contribution >= 4 is 109 Å². The van der Waals surface area contributed by atoms with E-state index in [1.807, 2.05) is 163 Å². The molecule has 3 aliphatic heterocycles. The lowest BCUT2D eigenvalue weighted by Gasteiger charge is -2.44. The third-order valence-corrected chi connectivity index (χ3v) is 26.3. The van der Waals surface area contributed by atoms with Gasteiger partial charge in [0, 0.05) is 118 Å². The van der Waals surface area contributed by atoms with E-state index in [2.05, 4.69) is 68.4 Å². The fourth-order valence-electron chi connectivity index (χ4n) is 18.4. The van der Waals surface area contributed by atoms with E-state index in [9.17, 15) is 28.8 Å². The van der Waals surface area contributed by atoms with Gasteiger partial charge in [-0.2, -0.15) is 15.0 Å². The molecule has 12 aromatic rings. The third-order valence-electron chi connectivity index (χ3n) is 25.4. The van der Waals surface area contributed by atoms with Gasteiger partial charge >= 0.3 is 17.1 Å². The Morgan fingerprint density at radius 2 is 0.726 bits per heavy atom. The fraction of sp³-hybridized carbons (Fsp3) is 0.408. The number of hydrogen-bond acceptors (Lipinski definition) is 21. The summed E-state index contributed by atoms with van der Waals surface area (Å²) in [6, 6.07) is 26.9. The molecule has 0 spiro atoms. The SMILES string of the molecule is C=CC(=O)N1CC(C)N(c2nc(=O)n(-c3c(C(C)C)nc(C)nc3C(C)C)c3nc(-c4ccccc4F)c(Cl)cc23)CC1C.C=CC(=O)N1CC(C)N(c2nc(=O)n(-c3c(C(C)C)nc(C4CC4)nc3C(C)C)c3nc(-c4ccccc4F)c(Cl)cc23)CC1C.C=CC(=O)N1CC(C)N(c2nc(=O)n(-c3c(N(C)C)ccnc3C(C)C)c3nc(-c4ccccc4C(C)C)c(Cl)cc23)CC1C. The lowest BCUT2D eigenvalue weighted by Crippen LogP contribution is -2.58. The van der Waals surface area contributed by atoms with Crippen molar-refractivity contribution in [2.75, 3.05) is 73.0 Å². The molecule has 1 saturated carbocycles. The molecular weight excluding hydrogens is 1770 g/mol. The van der Waals surface area contributed by atoms with Gasteiger partial charge in [0.1, 0.15) is 40.7 Å². The van der Waals surface area contributed by atoms with Crippen LogP contribution in [0.3, 0.4) is 0 Å². The zero-order chi connectivity index (χ0) is 97.8. The number of carbonyl (C=O) groups excluding carboxylic acids is 3. The average molecular weight is 1890 g/mol. The van der Waals surface area contributed by atoms with Crippen LogP contribution in [0.1, 0.15) is 225 Å². The Morgan fingerprint density at radius 1 is 0.407 bits per heavy atom. The minimum atomic E-state index is -0.567. The molecule has 6 atom stereocenters. The summed E-state index contributed by atoms with van der Waals surface area (Å²) in [6.07, 6.45) is 7.83. The van der Waals surface area contributed by atoms with Gasteiger partial charge in [0.05, 0.1) is 99.5 Å². The number of pyridine rings is 4. The molecule has 3 amide bonds. The van der Waals surface area contributed by atoms with Crippen LogP contribution in [0, 0.1) is 18.6 Å². The van der Waals surface area contributed by atoms with Gasteiger partial charge in [-0.25, -0.2) is 71.8 Å². The van der Waals surface area contributed by atoms with E-state index < -0.39 is 28.7 Å². The zero-order valence-corrected chi connectivity index (χ0v) is 82.8. The summed E-state index contributed by atoms with van der Waals surface area (Å²) in [5.41, 5.74) is 9.05. The Balaban J connectivity index is 0.000000162. The van der Waals surface area contributed by atoms with E-state index in [1.54, 1.807) is 74.0 Å². The zero-order valence-electron chi connectivity index (χ0n) is 80.6. The molecular formula is C103H118Cl3F2N21O6. The standard InChI is InChI=1S/C35H39ClFN7O2.C35H42ClN7O2.C33H37ClFN7O2/c1-8-27(45)42-16-21(7)43(17-20(42)6)33-24-15-25(36)30(23-11-9-10-12-26(23)37)40-34(24)44(35(46)41-33)31-28(18(2)3)38-32(22-13-14-22)39-29(31)19(4)5;1-10-29(44)41-18-23(7)42(19-22(41)6)33-26-17-27(36)31(25-14-12-11-13-24(25)20(2)3)38-34(26)43(35(45)39-33)32-28(40(8)9)15-16-37-30(32)21(4)5;1-9-26(43)40-15-20(7)41(16-19(40)6)31-23-14-24(34)29(22-12-10-11-13-25(22)35)38-32(23)42(33(44)39-31)30-27(17(2)3)36-21(8)37-28(30)18(4)5/h8-12,15,18-22H,1,13-14,16-17H2,2-7H3;10-17,20-23H,1,18-19H2,2-9H3;9-14,17-20H,1,15-16H2,2-8H3.